The monoisotopic (exact) mass is 254 g/mol. The molecular formula is C10H14N4S2. The van der Waals surface area contributed by atoms with Crippen molar-refractivity contribution in [2.24, 2.45) is 5.73 Å². The predicted octanol–water partition coefficient (Wildman–Crippen LogP) is 1.05. The Balaban J connectivity index is 2.11. The van der Waals surface area contributed by atoms with Crippen LogP contribution in [-0.2, 0) is 0 Å². The molecule has 0 amide bonds. The van der Waals surface area contributed by atoms with E-state index in [4.69, 9.17) is 18.0 Å². The van der Waals surface area contributed by atoms with E-state index in [1.54, 1.807) is 12.4 Å². The van der Waals surface area contributed by atoms with E-state index in [0.717, 1.165) is 24.7 Å². The fourth-order valence-corrected chi connectivity index (χ4v) is 2.76. The summed E-state index contributed by atoms with van der Waals surface area (Å²) in [4.78, 5) is 11.1. The second-order valence-corrected chi connectivity index (χ2v) is 5.74. The van der Waals surface area contributed by atoms with Gasteiger partial charge in [0.15, 0.2) is 0 Å². The Morgan fingerprint density at radius 2 is 2.38 bits per heavy atom. The second kappa shape index (κ2) is 4.97. The zero-order valence-electron chi connectivity index (χ0n) is 9.09. The Bertz CT molecular complexity index is 379. The van der Waals surface area contributed by atoms with Crippen LogP contribution in [0.4, 0.5) is 5.82 Å². The summed E-state index contributed by atoms with van der Waals surface area (Å²) in [5, 5.41) is 0.644. The van der Waals surface area contributed by atoms with Crippen LogP contribution in [0.25, 0.3) is 0 Å². The molecule has 4 nitrogen and oxygen atoms in total. The molecule has 2 N–H and O–H groups in total. The first-order valence-corrected chi connectivity index (χ1v) is 6.61. The third-order valence-corrected chi connectivity index (χ3v) is 3.80. The van der Waals surface area contributed by atoms with E-state index in [1.165, 1.54) is 0 Å². The first kappa shape index (κ1) is 11.6. The third-order valence-electron chi connectivity index (χ3n) is 2.46. The molecule has 0 saturated carbocycles. The molecule has 1 fully saturated rings. The van der Waals surface area contributed by atoms with E-state index >= 15 is 0 Å². The molecule has 2 rings (SSSR count). The van der Waals surface area contributed by atoms with Crippen LogP contribution in [0.15, 0.2) is 12.4 Å². The van der Waals surface area contributed by atoms with Gasteiger partial charge in [0.1, 0.15) is 16.5 Å². The summed E-state index contributed by atoms with van der Waals surface area (Å²) < 4.78 is 0. The van der Waals surface area contributed by atoms with Gasteiger partial charge in [-0.25, -0.2) is 9.97 Å². The molecule has 0 aromatic carbocycles. The molecule has 0 radical (unpaired) electrons. The fourth-order valence-electron chi connectivity index (χ4n) is 1.64. The van der Waals surface area contributed by atoms with E-state index in [0.29, 0.717) is 15.9 Å². The number of hydrogen-bond donors (Lipinski definition) is 1. The number of rotatable bonds is 2. The topological polar surface area (TPSA) is 55.0 Å². The summed E-state index contributed by atoms with van der Waals surface area (Å²) >= 11 is 6.83. The van der Waals surface area contributed by atoms with Crippen LogP contribution in [0, 0.1) is 0 Å². The molecule has 16 heavy (non-hydrogen) atoms. The van der Waals surface area contributed by atoms with Crippen LogP contribution in [0.3, 0.4) is 0 Å². The van der Waals surface area contributed by atoms with Gasteiger partial charge in [0.05, 0.1) is 12.4 Å². The van der Waals surface area contributed by atoms with Crippen molar-refractivity contribution in [3.05, 3.63) is 18.1 Å². The lowest BCUT2D eigenvalue weighted by Crippen LogP contribution is -2.37. The van der Waals surface area contributed by atoms with Crippen molar-refractivity contribution >= 4 is 34.8 Å². The van der Waals surface area contributed by atoms with Gasteiger partial charge >= 0.3 is 0 Å². The quantitative estimate of drug-likeness (QED) is 0.796. The van der Waals surface area contributed by atoms with Gasteiger partial charge in [0, 0.05) is 24.1 Å². The lowest BCUT2D eigenvalue weighted by atomic mass is 10.3. The van der Waals surface area contributed by atoms with Crippen molar-refractivity contribution in [1.82, 2.24) is 9.97 Å². The highest BCUT2D eigenvalue weighted by molar-refractivity contribution is 8.00. The summed E-state index contributed by atoms with van der Waals surface area (Å²) in [6.07, 6.45) is 3.39. The van der Waals surface area contributed by atoms with Gasteiger partial charge < -0.3 is 10.6 Å². The molecule has 1 aliphatic heterocycles. The van der Waals surface area contributed by atoms with Gasteiger partial charge in [0.2, 0.25) is 0 Å². The largest absolute Gasteiger partial charge is 0.388 e. The number of anilines is 1. The lowest BCUT2D eigenvalue weighted by Gasteiger charge is -2.31. The molecule has 1 atom stereocenters. The highest BCUT2D eigenvalue weighted by atomic mass is 32.2. The third kappa shape index (κ3) is 2.62. The minimum absolute atomic E-state index is 0.293. The maximum absolute atomic E-state index is 5.48. The number of nitrogens with zero attached hydrogens (tertiary/aromatic N) is 3. The first-order valence-electron chi connectivity index (χ1n) is 5.15. The molecule has 1 saturated heterocycles. The van der Waals surface area contributed by atoms with Crippen LogP contribution in [-0.4, -0.2) is 39.0 Å². The Morgan fingerprint density at radius 1 is 1.56 bits per heavy atom. The molecule has 0 bridgehead atoms. The highest BCUT2D eigenvalue weighted by Crippen LogP contribution is 2.21. The summed E-state index contributed by atoms with van der Waals surface area (Å²) in [7, 11) is 0. The maximum atomic E-state index is 5.48. The van der Waals surface area contributed by atoms with Crippen molar-refractivity contribution in [3.8, 4) is 0 Å². The van der Waals surface area contributed by atoms with Crippen molar-refractivity contribution in [2.45, 2.75) is 12.2 Å². The van der Waals surface area contributed by atoms with Crippen molar-refractivity contribution in [3.63, 3.8) is 0 Å². The van der Waals surface area contributed by atoms with Gasteiger partial charge in [-0.1, -0.05) is 19.1 Å². The van der Waals surface area contributed by atoms with E-state index in [9.17, 15) is 0 Å². The van der Waals surface area contributed by atoms with E-state index in [2.05, 4.69) is 21.8 Å². The standard InChI is InChI=1S/C10H14N4S2/c1-7-6-14(2-3-16-7)9-5-12-8(4-13-9)10(11)15/h4-5,7H,2-3,6H2,1H3,(H2,11,15). The minimum atomic E-state index is 0.293. The summed E-state index contributed by atoms with van der Waals surface area (Å²) in [5.74, 6) is 2.05. The molecule has 6 heteroatoms. The van der Waals surface area contributed by atoms with Gasteiger partial charge in [-0.3, -0.25) is 0 Å². The molecule has 1 aromatic rings. The second-order valence-electron chi connectivity index (χ2n) is 3.75. The van der Waals surface area contributed by atoms with Crippen LogP contribution in [0.5, 0.6) is 0 Å². The smallest absolute Gasteiger partial charge is 0.147 e. The van der Waals surface area contributed by atoms with Crippen LogP contribution in [0.2, 0.25) is 0 Å². The first-order chi connectivity index (χ1) is 7.66. The van der Waals surface area contributed by atoms with Crippen LogP contribution >= 0.6 is 24.0 Å². The number of nitrogens with two attached hydrogens (primary N) is 1. The molecule has 1 aliphatic rings. The van der Waals surface area contributed by atoms with E-state index in [1.807, 2.05) is 11.8 Å². The number of thioether (sulfide) groups is 1. The summed E-state index contributed by atoms with van der Waals surface area (Å²) in [6, 6.07) is 0. The average Bonchev–Trinajstić information content (AvgIpc) is 2.29. The van der Waals surface area contributed by atoms with Crippen molar-refractivity contribution in [2.75, 3.05) is 23.7 Å². The molecule has 2 heterocycles. The van der Waals surface area contributed by atoms with Gasteiger partial charge in [-0.15, -0.1) is 0 Å². The Labute approximate surface area is 105 Å². The summed E-state index contributed by atoms with van der Waals surface area (Å²) in [6.45, 7) is 4.27. The Morgan fingerprint density at radius 3 is 2.94 bits per heavy atom. The van der Waals surface area contributed by atoms with Gasteiger partial charge in [-0.05, 0) is 0 Å². The molecule has 0 spiro atoms. The van der Waals surface area contributed by atoms with Gasteiger partial charge in [-0.2, -0.15) is 11.8 Å². The number of aromatic nitrogens is 2. The Kier molecular flexibility index (Phi) is 3.60. The lowest BCUT2D eigenvalue weighted by molar-refractivity contribution is 0.767. The number of hydrogen-bond acceptors (Lipinski definition) is 5. The van der Waals surface area contributed by atoms with Crippen LogP contribution < -0.4 is 10.6 Å². The number of thiocarbonyl (C=S) groups is 1. The molecule has 86 valence electrons. The zero-order chi connectivity index (χ0) is 11.5. The Hall–Kier alpha value is -0.880. The van der Waals surface area contributed by atoms with Crippen molar-refractivity contribution < 1.29 is 0 Å². The van der Waals surface area contributed by atoms with Crippen molar-refractivity contribution in [1.29, 1.82) is 0 Å². The SMILES string of the molecule is CC1CN(c2cnc(C(N)=S)cn2)CCS1. The zero-order valence-corrected chi connectivity index (χ0v) is 10.7. The molecule has 0 aliphatic carbocycles. The predicted molar refractivity (Wildman–Crippen MR) is 72.1 cm³/mol. The maximum Gasteiger partial charge on any atom is 0.147 e. The minimum Gasteiger partial charge on any atom is -0.388 e. The van der Waals surface area contributed by atoms with E-state index < -0.39 is 0 Å². The summed E-state index contributed by atoms with van der Waals surface area (Å²) in [5.41, 5.74) is 6.06. The van der Waals surface area contributed by atoms with E-state index in [-0.39, 0.29) is 0 Å². The van der Waals surface area contributed by atoms with Crippen LogP contribution in [0.1, 0.15) is 12.6 Å². The molecule has 1 unspecified atom stereocenters. The molecule has 1 aromatic heterocycles. The average molecular weight is 254 g/mol. The normalized spacial score (nSPS) is 20.8. The highest BCUT2D eigenvalue weighted by Gasteiger charge is 2.18. The molecular weight excluding hydrogens is 240 g/mol. The fraction of sp³-hybridized carbons (Fsp3) is 0.500. The van der Waals surface area contributed by atoms with Gasteiger partial charge in [0.25, 0.3) is 0 Å².